The van der Waals surface area contributed by atoms with Crippen molar-refractivity contribution in [2.75, 3.05) is 39.4 Å². The van der Waals surface area contributed by atoms with Gasteiger partial charge in [0.2, 0.25) is 0 Å². The van der Waals surface area contributed by atoms with Gasteiger partial charge in [0.25, 0.3) is 0 Å². The molecule has 0 rings (SSSR count). The van der Waals surface area contributed by atoms with Crippen molar-refractivity contribution >= 4 is 0 Å². The van der Waals surface area contributed by atoms with Crippen LogP contribution in [0.3, 0.4) is 0 Å². The first kappa shape index (κ1) is 20.9. The van der Waals surface area contributed by atoms with E-state index in [0.717, 1.165) is 30.7 Å². The van der Waals surface area contributed by atoms with Crippen LogP contribution in [0.25, 0.3) is 0 Å². The van der Waals surface area contributed by atoms with Gasteiger partial charge in [-0.15, -0.1) is 0 Å². The molecule has 0 aromatic heterocycles. The second kappa shape index (κ2) is 14.8. The molecule has 0 aromatic carbocycles. The van der Waals surface area contributed by atoms with Crippen molar-refractivity contribution in [3.8, 4) is 0 Å². The topological polar surface area (TPSA) is 40.5 Å². The second-order valence-electron chi connectivity index (χ2n) is 6.51. The second-order valence-corrected chi connectivity index (χ2v) is 6.51. The average Bonchev–Trinajstić information content (AvgIpc) is 2.48. The van der Waals surface area contributed by atoms with Crippen LogP contribution in [-0.2, 0) is 0 Å². The van der Waals surface area contributed by atoms with E-state index in [1.807, 2.05) is 0 Å². The van der Waals surface area contributed by atoms with Crippen molar-refractivity contribution in [2.45, 2.75) is 78.1 Å². The van der Waals surface area contributed by atoms with Crippen LogP contribution >= 0.6 is 0 Å². The highest BCUT2D eigenvalue weighted by molar-refractivity contribution is 4.50. The fourth-order valence-electron chi connectivity index (χ4n) is 3.17. The van der Waals surface area contributed by atoms with E-state index in [-0.39, 0.29) is 13.2 Å². The van der Waals surface area contributed by atoms with Crippen LogP contribution in [0.2, 0.25) is 0 Å². The minimum atomic E-state index is 0.237. The van der Waals surface area contributed by atoms with Crippen LogP contribution in [-0.4, -0.2) is 54.1 Å². The summed E-state index contributed by atoms with van der Waals surface area (Å²) in [4.78, 5) is 0. The first-order valence-electron chi connectivity index (χ1n) is 9.31. The first-order valence-corrected chi connectivity index (χ1v) is 9.31. The standard InChI is InChI=1S/C18H40NO2/c1-3-5-7-8-9-10-11-12-14-19(15-17-20,16-18-21)13-6-4-2/h20-21H,3-18H2,1-2H3/q+1. The summed E-state index contributed by atoms with van der Waals surface area (Å²) in [5.74, 6) is 0. The summed E-state index contributed by atoms with van der Waals surface area (Å²) in [7, 11) is 0. The molecular weight excluding hydrogens is 262 g/mol. The third-order valence-corrected chi connectivity index (χ3v) is 4.62. The van der Waals surface area contributed by atoms with E-state index in [2.05, 4.69) is 13.8 Å². The predicted molar refractivity (Wildman–Crippen MR) is 91.4 cm³/mol. The lowest BCUT2D eigenvalue weighted by atomic mass is 10.1. The molecule has 0 spiro atoms. The Kier molecular flexibility index (Phi) is 14.7. The van der Waals surface area contributed by atoms with E-state index in [0.29, 0.717) is 0 Å². The van der Waals surface area contributed by atoms with Gasteiger partial charge in [0, 0.05) is 0 Å². The summed E-state index contributed by atoms with van der Waals surface area (Å²) in [5, 5.41) is 18.7. The first-order chi connectivity index (χ1) is 10.2. The summed E-state index contributed by atoms with van der Waals surface area (Å²) >= 11 is 0. The average molecular weight is 303 g/mol. The Labute approximate surface area is 133 Å². The summed E-state index contributed by atoms with van der Waals surface area (Å²) < 4.78 is 0.913. The molecule has 0 fully saturated rings. The van der Waals surface area contributed by atoms with Crippen molar-refractivity contribution in [2.24, 2.45) is 0 Å². The lowest BCUT2D eigenvalue weighted by Gasteiger charge is -2.38. The maximum atomic E-state index is 9.35. The number of hydrogen-bond donors (Lipinski definition) is 2. The van der Waals surface area contributed by atoms with E-state index < -0.39 is 0 Å². The third-order valence-electron chi connectivity index (χ3n) is 4.62. The highest BCUT2D eigenvalue weighted by atomic mass is 16.3. The predicted octanol–water partition coefficient (Wildman–Crippen LogP) is 3.73. The quantitative estimate of drug-likeness (QED) is 0.337. The zero-order chi connectivity index (χ0) is 15.8. The number of aliphatic hydroxyl groups excluding tert-OH is 2. The largest absolute Gasteiger partial charge is 0.391 e. The lowest BCUT2D eigenvalue weighted by molar-refractivity contribution is -0.929. The number of aliphatic hydroxyl groups is 2. The van der Waals surface area contributed by atoms with Crippen LogP contribution in [0.5, 0.6) is 0 Å². The smallest absolute Gasteiger partial charge is 0.102 e. The Hall–Kier alpha value is -0.120. The van der Waals surface area contributed by atoms with Crippen molar-refractivity contribution in [3.05, 3.63) is 0 Å². The monoisotopic (exact) mass is 302 g/mol. The number of hydrogen-bond acceptors (Lipinski definition) is 2. The van der Waals surface area contributed by atoms with E-state index in [4.69, 9.17) is 0 Å². The molecule has 21 heavy (non-hydrogen) atoms. The molecule has 0 radical (unpaired) electrons. The minimum absolute atomic E-state index is 0.237. The number of unbranched alkanes of at least 4 members (excludes halogenated alkanes) is 8. The molecule has 0 atom stereocenters. The molecule has 0 aliphatic carbocycles. The molecule has 0 saturated heterocycles. The summed E-state index contributed by atoms with van der Waals surface area (Å²) in [6, 6.07) is 0. The highest BCUT2D eigenvalue weighted by Crippen LogP contribution is 2.14. The Bertz CT molecular complexity index is 203. The molecule has 0 aliphatic rings. The maximum Gasteiger partial charge on any atom is 0.102 e. The van der Waals surface area contributed by atoms with E-state index >= 15 is 0 Å². The maximum absolute atomic E-state index is 9.35. The molecule has 128 valence electrons. The molecule has 0 aliphatic heterocycles. The summed E-state index contributed by atoms with van der Waals surface area (Å²) in [6.45, 7) is 8.78. The van der Waals surface area contributed by atoms with Gasteiger partial charge < -0.3 is 14.7 Å². The van der Waals surface area contributed by atoms with E-state index in [1.54, 1.807) is 0 Å². The Morgan fingerprint density at radius 1 is 0.524 bits per heavy atom. The fourth-order valence-corrected chi connectivity index (χ4v) is 3.17. The van der Waals surface area contributed by atoms with Gasteiger partial charge in [-0.3, -0.25) is 0 Å². The molecule has 2 N–H and O–H groups in total. The summed E-state index contributed by atoms with van der Waals surface area (Å²) in [5.41, 5.74) is 0. The van der Waals surface area contributed by atoms with Crippen molar-refractivity contribution in [1.82, 2.24) is 0 Å². The minimum Gasteiger partial charge on any atom is -0.391 e. The van der Waals surface area contributed by atoms with Crippen molar-refractivity contribution < 1.29 is 14.7 Å². The van der Waals surface area contributed by atoms with Gasteiger partial charge in [-0.1, -0.05) is 58.8 Å². The van der Waals surface area contributed by atoms with Crippen LogP contribution in [0, 0.1) is 0 Å². The van der Waals surface area contributed by atoms with Crippen LogP contribution in [0.4, 0.5) is 0 Å². The summed E-state index contributed by atoms with van der Waals surface area (Å²) in [6.07, 6.45) is 13.1. The van der Waals surface area contributed by atoms with Crippen LogP contribution in [0.15, 0.2) is 0 Å². The van der Waals surface area contributed by atoms with Crippen molar-refractivity contribution in [1.29, 1.82) is 0 Å². The van der Waals surface area contributed by atoms with Gasteiger partial charge in [-0.25, -0.2) is 0 Å². The lowest BCUT2D eigenvalue weighted by Crippen LogP contribution is -2.52. The van der Waals surface area contributed by atoms with Crippen LogP contribution < -0.4 is 0 Å². The van der Waals surface area contributed by atoms with Gasteiger partial charge >= 0.3 is 0 Å². The normalized spacial score (nSPS) is 12.0. The molecule has 3 nitrogen and oxygen atoms in total. The molecule has 0 unspecified atom stereocenters. The Morgan fingerprint density at radius 2 is 0.952 bits per heavy atom. The van der Waals surface area contributed by atoms with E-state index in [1.165, 1.54) is 64.2 Å². The molecular formula is C18H40NO2+. The molecule has 0 heterocycles. The van der Waals surface area contributed by atoms with E-state index in [9.17, 15) is 10.2 Å². The van der Waals surface area contributed by atoms with Gasteiger partial charge in [0.1, 0.15) is 13.1 Å². The molecule has 0 amide bonds. The van der Waals surface area contributed by atoms with Gasteiger partial charge in [0.15, 0.2) is 0 Å². The zero-order valence-electron chi connectivity index (χ0n) is 14.7. The fraction of sp³-hybridized carbons (Fsp3) is 1.00. The number of quaternary nitrogens is 1. The zero-order valence-corrected chi connectivity index (χ0v) is 14.7. The van der Waals surface area contributed by atoms with Gasteiger partial charge in [-0.05, 0) is 19.3 Å². The third kappa shape index (κ3) is 11.1. The molecule has 0 saturated carbocycles. The van der Waals surface area contributed by atoms with Gasteiger partial charge in [-0.2, -0.15) is 0 Å². The Balaban J connectivity index is 3.92. The SMILES string of the molecule is CCCCCCCCCC[N+](CCO)(CCO)CCCC. The molecule has 3 heteroatoms. The molecule has 0 bridgehead atoms. The number of rotatable bonds is 16. The van der Waals surface area contributed by atoms with Gasteiger partial charge in [0.05, 0.1) is 26.3 Å². The van der Waals surface area contributed by atoms with Crippen LogP contribution in [0.1, 0.15) is 78.1 Å². The molecule has 0 aromatic rings. The van der Waals surface area contributed by atoms with Crippen molar-refractivity contribution in [3.63, 3.8) is 0 Å². The number of nitrogens with zero attached hydrogens (tertiary/aromatic N) is 1. The Morgan fingerprint density at radius 3 is 1.43 bits per heavy atom. The highest BCUT2D eigenvalue weighted by Gasteiger charge is 2.25.